The third-order valence-corrected chi connectivity index (χ3v) is 2.77. The zero-order valence-electron chi connectivity index (χ0n) is 9.14. The summed E-state index contributed by atoms with van der Waals surface area (Å²) in [6, 6.07) is 5.24. The lowest BCUT2D eigenvalue weighted by Crippen LogP contribution is -2.10. The van der Waals surface area contributed by atoms with E-state index in [0.29, 0.717) is 17.1 Å². The van der Waals surface area contributed by atoms with Gasteiger partial charge in [0, 0.05) is 12.6 Å². The SMILES string of the molecule is Cn1cc(Oc2ccc(C(=N)N)cc2Br)cn1. The second-order valence-electron chi connectivity index (χ2n) is 3.51. The molecule has 2 rings (SSSR count). The van der Waals surface area contributed by atoms with Crippen LogP contribution < -0.4 is 10.5 Å². The number of hydrogen-bond acceptors (Lipinski definition) is 3. The molecule has 2 aromatic rings. The second kappa shape index (κ2) is 4.58. The van der Waals surface area contributed by atoms with Gasteiger partial charge in [-0.05, 0) is 34.1 Å². The Labute approximate surface area is 107 Å². The molecule has 1 aromatic carbocycles. The maximum atomic E-state index is 7.33. The average molecular weight is 295 g/mol. The first-order valence-electron chi connectivity index (χ1n) is 4.86. The normalized spacial score (nSPS) is 10.2. The Morgan fingerprint density at radius 1 is 1.53 bits per heavy atom. The van der Waals surface area contributed by atoms with Crippen molar-refractivity contribution in [2.75, 3.05) is 0 Å². The van der Waals surface area contributed by atoms with Gasteiger partial charge in [0.25, 0.3) is 0 Å². The lowest BCUT2D eigenvalue weighted by Gasteiger charge is -2.06. The summed E-state index contributed by atoms with van der Waals surface area (Å²) in [5.41, 5.74) is 6.05. The Bertz CT molecular complexity index is 564. The van der Waals surface area contributed by atoms with Crippen LogP contribution in [0.5, 0.6) is 11.5 Å². The molecule has 1 heterocycles. The van der Waals surface area contributed by atoms with Crippen molar-refractivity contribution in [1.29, 1.82) is 5.41 Å². The van der Waals surface area contributed by atoms with Crippen LogP contribution in [0.3, 0.4) is 0 Å². The van der Waals surface area contributed by atoms with E-state index in [2.05, 4.69) is 21.0 Å². The molecule has 6 heteroatoms. The molecule has 0 aliphatic rings. The van der Waals surface area contributed by atoms with Gasteiger partial charge in [-0.1, -0.05) is 0 Å². The quantitative estimate of drug-likeness (QED) is 0.673. The van der Waals surface area contributed by atoms with Gasteiger partial charge >= 0.3 is 0 Å². The standard InChI is InChI=1S/C11H11BrN4O/c1-16-6-8(5-15-16)17-10-3-2-7(11(13)14)4-9(10)12/h2-6H,1H3,(H3,13,14). The van der Waals surface area contributed by atoms with Crippen molar-refractivity contribution >= 4 is 21.8 Å². The van der Waals surface area contributed by atoms with Gasteiger partial charge in [0.1, 0.15) is 11.6 Å². The molecule has 0 unspecified atom stereocenters. The van der Waals surface area contributed by atoms with Crippen LogP contribution in [0.1, 0.15) is 5.56 Å². The van der Waals surface area contributed by atoms with E-state index in [0.717, 1.165) is 4.47 Å². The highest BCUT2D eigenvalue weighted by molar-refractivity contribution is 9.10. The van der Waals surface area contributed by atoms with Crippen molar-refractivity contribution in [3.05, 3.63) is 40.6 Å². The molecule has 0 spiro atoms. The van der Waals surface area contributed by atoms with Crippen molar-refractivity contribution < 1.29 is 4.74 Å². The molecule has 0 atom stereocenters. The van der Waals surface area contributed by atoms with E-state index in [1.807, 2.05) is 7.05 Å². The summed E-state index contributed by atoms with van der Waals surface area (Å²) in [7, 11) is 1.82. The number of aryl methyl sites for hydroxylation is 1. The molecule has 88 valence electrons. The van der Waals surface area contributed by atoms with Crippen molar-refractivity contribution in [3.63, 3.8) is 0 Å². The van der Waals surface area contributed by atoms with Gasteiger partial charge in [-0.15, -0.1) is 0 Å². The molecule has 17 heavy (non-hydrogen) atoms. The first-order chi connectivity index (χ1) is 8.06. The van der Waals surface area contributed by atoms with E-state index in [1.165, 1.54) is 0 Å². The minimum absolute atomic E-state index is 0.0265. The molecule has 0 aliphatic carbocycles. The Kier molecular flexibility index (Phi) is 3.14. The van der Waals surface area contributed by atoms with Crippen LogP contribution in [0.4, 0.5) is 0 Å². The number of benzene rings is 1. The van der Waals surface area contributed by atoms with E-state index in [9.17, 15) is 0 Å². The Morgan fingerprint density at radius 2 is 2.29 bits per heavy atom. The summed E-state index contributed by atoms with van der Waals surface area (Å²) >= 11 is 3.38. The predicted octanol–water partition coefficient (Wildman–Crippen LogP) is 2.26. The number of ether oxygens (including phenoxy) is 1. The first-order valence-corrected chi connectivity index (χ1v) is 5.66. The fraction of sp³-hybridized carbons (Fsp3) is 0.0909. The lowest BCUT2D eigenvalue weighted by molar-refractivity contribution is 0.479. The molecule has 0 saturated heterocycles. The highest BCUT2D eigenvalue weighted by atomic mass is 79.9. The molecule has 0 radical (unpaired) electrons. The Hall–Kier alpha value is -1.82. The summed E-state index contributed by atoms with van der Waals surface area (Å²) in [5.74, 6) is 1.34. The zero-order valence-corrected chi connectivity index (χ0v) is 10.7. The van der Waals surface area contributed by atoms with Crippen LogP contribution in [0.2, 0.25) is 0 Å². The number of rotatable bonds is 3. The van der Waals surface area contributed by atoms with E-state index < -0.39 is 0 Å². The number of nitrogens with two attached hydrogens (primary N) is 1. The topological polar surface area (TPSA) is 76.9 Å². The van der Waals surface area contributed by atoms with Gasteiger partial charge in [-0.25, -0.2) is 0 Å². The van der Waals surface area contributed by atoms with E-state index in [1.54, 1.807) is 35.3 Å². The monoisotopic (exact) mass is 294 g/mol. The Morgan fingerprint density at radius 3 is 2.82 bits per heavy atom. The van der Waals surface area contributed by atoms with E-state index in [4.69, 9.17) is 15.9 Å². The molecular weight excluding hydrogens is 284 g/mol. The van der Waals surface area contributed by atoms with Crippen LogP contribution in [-0.2, 0) is 7.05 Å². The second-order valence-corrected chi connectivity index (χ2v) is 4.36. The fourth-order valence-corrected chi connectivity index (χ4v) is 1.79. The third kappa shape index (κ3) is 2.65. The summed E-state index contributed by atoms with van der Waals surface area (Å²) in [5, 5.41) is 11.3. The smallest absolute Gasteiger partial charge is 0.165 e. The van der Waals surface area contributed by atoms with Gasteiger partial charge in [0.2, 0.25) is 0 Å². The van der Waals surface area contributed by atoms with Crippen molar-refractivity contribution in [2.24, 2.45) is 12.8 Å². The highest BCUT2D eigenvalue weighted by Crippen LogP contribution is 2.30. The number of nitrogens with zero attached hydrogens (tertiary/aromatic N) is 2. The van der Waals surface area contributed by atoms with Crippen LogP contribution in [0.25, 0.3) is 0 Å². The van der Waals surface area contributed by atoms with Crippen molar-refractivity contribution in [2.45, 2.75) is 0 Å². The predicted molar refractivity (Wildman–Crippen MR) is 68.4 cm³/mol. The molecule has 0 saturated carbocycles. The molecule has 0 amide bonds. The van der Waals surface area contributed by atoms with Gasteiger partial charge < -0.3 is 10.5 Å². The molecular formula is C11H11BrN4O. The zero-order chi connectivity index (χ0) is 12.4. The number of halogens is 1. The molecule has 0 fully saturated rings. The fourth-order valence-electron chi connectivity index (χ4n) is 1.33. The van der Waals surface area contributed by atoms with E-state index >= 15 is 0 Å². The van der Waals surface area contributed by atoms with Gasteiger partial charge in [0.05, 0.1) is 16.9 Å². The number of amidine groups is 1. The van der Waals surface area contributed by atoms with Gasteiger partial charge in [0.15, 0.2) is 5.75 Å². The minimum Gasteiger partial charge on any atom is -0.453 e. The molecule has 0 aliphatic heterocycles. The number of aromatic nitrogens is 2. The summed E-state index contributed by atoms with van der Waals surface area (Å²) in [6.07, 6.45) is 3.40. The maximum absolute atomic E-state index is 7.33. The van der Waals surface area contributed by atoms with Crippen LogP contribution in [0, 0.1) is 5.41 Å². The maximum Gasteiger partial charge on any atom is 0.165 e. The van der Waals surface area contributed by atoms with Crippen molar-refractivity contribution in [3.8, 4) is 11.5 Å². The van der Waals surface area contributed by atoms with Gasteiger partial charge in [-0.3, -0.25) is 10.1 Å². The largest absolute Gasteiger partial charge is 0.453 e. The minimum atomic E-state index is 0.0265. The third-order valence-electron chi connectivity index (χ3n) is 2.15. The summed E-state index contributed by atoms with van der Waals surface area (Å²) in [4.78, 5) is 0. The molecule has 5 nitrogen and oxygen atoms in total. The number of nitrogens with one attached hydrogen (secondary N) is 1. The van der Waals surface area contributed by atoms with E-state index in [-0.39, 0.29) is 5.84 Å². The van der Waals surface area contributed by atoms with Crippen LogP contribution in [0.15, 0.2) is 35.1 Å². The summed E-state index contributed by atoms with van der Waals surface area (Å²) in [6.45, 7) is 0. The average Bonchev–Trinajstić information content (AvgIpc) is 2.67. The van der Waals surface area contributed by atoms with Crippen LogP contribution >= 0.6 is 15.9 Å². The Balaban J connectivity index is 2.25. The number of nitrogen functional groups attached to an aromatic ring is 1. The first kappa shape index (κ1) is 11.7. The highest BCUT2D eigenvalue weighted by Gasteiger charge is 2.06. The molecule has 3 N–H and O–H groups in total. The van der Waals surface area contributed by atoms with Crippen molar-refractivity contribution in [1.82, 2.24) is 9.78 Å². The lowest BCUT2D eigenvalue weighted by atomic mass is 10.2. The van der Waals surface area contributed by atoms with Gasteiger partial charge in [-0.2, -0.15) is 5.10 Å². The molecule has 0 bridgehead atoms. The number of hydrogen-bond donors (Lipinski definition) is 2. The van der Waals surface area contributed by atoms with Crippen LogP contribution in [-0.4, -0.2) is 15.6 Å². The summed E-state index contributed by atoms with van der Waals surface area (Å²) < 4.78 is 8.03. The molecule has 1 aromatic heterocycles.